The van der Waals surface area contributed by atoms with E-state index in [9.17, 15) is 32.9 Å². The van der Waals surface area contributed by atoms with Crippen molar-refractivity contribution in [3.63, 3.8) is 0 Å². The van der Waals surface area contributed by atoms with Crippen molar-refractivity contribution >= 4 is 41.0 Å². The summed E-state index contributed by atoms with van der Waals surface area (Å²) in [6.07, 6.45) is -1.00. The summed E-state index contributed by atoms with van der Waals surface area (Å²) in [6, 6.07) is 0. The summed E-state index contributed by atoms with van der Waals surface area (Å²) in [5, 5.41) is 11.3. The van der Waals surface area contributed by atoms with Gasteiger partial charge in [0.15, 0.2) is 11.8 Å². The van der Waals surface area contributed by atoms with E-state index in [2.05, 4.69) is 25.0 Å². The van der Waals surface area contributed by atoms with Crippen LogP contribution in [0.5, 0.6) is 0 Å². The number of nitrogens with zero attached hydrogens (tertiary/aromatic N) is 1. The van der Waals surface area contributed by atoms with Crippen molar-refractivity contribution in [3.05, 3.63) is 24.7 Å². The van der Waals surface area contributed by atoms with Gasteiger partial charge in [0.2, 0.25) is 0 Å². The maximum Gasteiger partial charge on any atom is 0.490 e. The number of ether oxygens (including phenoxy) is 1. The lowest BCUT2D eigenvalue weighted by atomic mass is 9.99. The number of carbonyl (C=O) groups excluding carboxylic acids is 1. The number of hydrogen-bond donors (Lipinski definition) is 6. The molecule has 1 fully saturated rings. The van der Waals surface area contributed by atoms with Crippen molar-refractivity contribution in [2.45, 2.75) is 23.3 Å². The van der Waals surface area contributed by atoms with E-state index in [4.69, 9.17) is 31.0 Å². The van der Waals surface area contributed by atoms with Crippen molar-refractivity contribution in [2.24, 2.45) is 0 Å². The number of alkyl halides is 2. The standard InChI is InChI=1S/C11H17ClFN2O13P3/c1-6-14-7(16)2-3-15(6)10-8(12)9(17)11(4-13,26-10)5-25-30(21,22)28-31(23,24)27-29(18,19)20/h2-3,8-10,17H,1,4-5H2,(H,14,16)(H,21,22)(H,23,24)(H2,18,19,20)/t8-,9+,10-,11-/m1/s1. The summed E-state index contributed by atoms with van der Waals surface area (Å²) in [7, 11) is -17.0. The number of amides is 1. The molecule has 0 aliphatic carbocycles. The molecular weight excluding hydrogens is 515 g/mol. The number of aliphatic hydroxyl groups is 1. The van der Waals surface area contributed by atoms with Gasteiger partial charge in [0, 0.05) is 12.3 Å². The number of halogens is 2. The van der Waals surface area contributed by atoms with Gasteiger partial charge in [0.05, 0.1) is 6.61 Å². The molecule has 6 N–H and O–H groups in total. The second kappa shape index (κ2) is 9.27. The van der Waals surface area contributed by atoms with Gasteiger partial charge < -0.3 is 39.6 Å². The van der Waals surface area contributed by atoms with Gasteiger partial charge in [-0.25, -0.2) is 18.1 Å². The van der Waals surface area contributed by atoms with Crippen LogP contribution >= 0.6 is 35.1 Å². The molecule has 0 aromatic heterocycles. The van der Waals surface area contributed by atoms with Gasteiger partial charge >= 0.3 is 23.5 Å². The van der Waals surface area contributed by atoms with Crippen LogP contribution < -0.4 is 5.32 Å². The van der Waals surface area contributed by atoms with Crippen LogP contribution in [0.2, 0.25) is 0 Å². The zero-order chi connectivity index (χ0) is 23.8. The van der Waals surface area contributed by atoms with Crippen molar-refractivity contribution < 1.29 is 65.4 Å². The smallest absolute Gasteiger partial charge is 0.388 e. The summed E-state index contributed by atoms with van der Waals surface area (Å²) in [6.45, 7) is 0.720. The molecule has 0 bridgehead atoms. The maximum atomic E-state index is 13.8. The van der Waals surface area contributed by atoms with Gasteiger partial charge in [-0.15, -0.1) is 11.6 Å². The maximum absolute atomic E-state index is 13.8. The molecule has 0 aromatic rings. The molecule has 0 spiro atoms. The van der Waals surface area contributed by atoms with Crippen LogP contribution in [0.4, 0.5) is 4.39 Å². The molecule has 6 atom stereocenters. The minimum Gasteiger partial charge on any atom is -0.388 e. The Morgan fingerprint density at radius 3 is 2.39 bits per heavy atom. The summed E-state index contributed by atoms with van der Waals surface area (Å²) in [5.41, 5.74) is -2.39. The number of rotatable bonds is 9. The van der Waals surface area contributed by atoms with Gasteiger partial charge in [-0.05, 0) is 0 Å². The minimum atomic E-state index is -5.80. The quantitative estimate of drug-likeness (QED) is 0.167. The van der Waals surface area contributed by atoms with E-state index in [0.717, 1.165) is 11.0 Å². The third-order valence-corrected chi connectivity index (χ3v) is 8.06. The highest BCUT2D eigenvalue weighted by atomic mass is 35.5. The SMILES string of the molecule is C=C1NC(=O)C=CN1[C@@H]1O[C@](CF)(COP(=O)(O)OP(=O)(O)OP(=O)(O)O)[C@@H](O)[C@H]1Cl. The highest BCUT2D eigenvalue weighted by molar-refractivity contribution is 7.66. The molecule has 31 heavy (non-hydrogen) atoms. The molecule has 178 valence electrons. The van der Waals surface area contributed by atoms with E-state index in [0.29, 0.717) is 0 Å². The second-order valence-corrected chi connectivity index (χ2v) is 11.0. The Balaban J connectivity index is 2.15. The van der Waals surface area contributed by atoms with Crippen molar-refractivity contribution in [1.82, 2.24) is 10.2 Å². The molecule has 2 rings (SSSR count). The van der Waals surface area contributed by atoms with Gasteiger partial charge in [-0.2, -0.15) is 8.62 Å². The van der Waals surface area contributed by atoms with Crippen LogP contribution in [0.3, 0.4) is 0 Å². The Hall–Kier alpha value is -0.700. The average Bonchev–Trinajstić information content (AvgIpc) is 2.82. The van der Waals surface area contributed by atoms with E-state index < -0.39 is 66.0 Å². The normalized spacial score (nSPS) is 33.1. The molecule has 2 aliphatic heterocycles. The number of phosphoric ester groups is 1. The number of hydrogen-bond acceptors (Lipinski definition) is 10. The zero-order valence-electron chi connectivity index (χ0n) is 15.1. The largest absolute Gasteiger partial charge is 0.490 e. The van der Waals surface area contributed by atoms with Crippen LogP contribution in [-0.2, 0) is 36.4 Å². The third-order valence-electron chi connectivity index (χ3n) is 3.82. The van der Waals surface area contributed by atoms with Crippen LogP contribution in [0, 0.1) is 0 Å². The molecule has 2 aliphatic rings. The predicted molar refractivity (Wildman–Crippen MR) is 97.3 cm³/mol. The minimum absolute atomic E-state index is 0.0436. The summed E-state index contributed by atoms with van der Waals surface area (Å²) in [5.74, 6) is -0.576. The number of aliphatic hydroxyl groups excluding tert-OH is 1. The molecule has 15 nitrogen and oxygen atoms in total. The first-order valence-electron chi connectivity index (χ1n) is 7.81. The molecular formula is C11H17ClFN2O13P3. The lowest BCUT2D eigenvalue weighted by molar-refractivity contribution is -0.142. The first kappa shape index (κ1) is 26.6. The fraction of sp³-hybridized carbons (Fsp3) is 0.545. The Labute approximate surface area is 178 Å². The zero-order valence-corrected chi connectivity index (χ0v) is 18.5. The number of phosphoric acid groups is 3. The van der Waals surface area contributed by atoms with Gasteiger partial charge in [-0.3, -0.25) is 9.32 Å². The molecule has 1 amide bonds. The molecule has 2 heterocycles. The highest BCUT2D eigenvalue weighted by Crippen LogP contribution is 2.66. The lowest BCUT2D eigenvalue weighted by Crippen LogP contribution is -2.48. The molecule has 0 saturated carbocycles. The van der Waals surface area contributed by atoms with E-state index in [1.54, 1.807) is 0 Å². The molecule has 2 unspecified atom stereocenters. The molecule has 0 aromatic carbocycles. The van der Waals surface area contributed by atoms with Crippen LogP contribution in [0.1, 0.15) is 0 Å². The summed E-state index contributed by atoms with van der Waals surface area (Å²) < 4.78 is 64.5. The van der Waals surface area contributed by atoms with Crippen molar-refractivity contribution in [3.8, 4) is 0 Å². The summed E-state index contributed by atoms with van der Waals surface area (Å²) >= 11 is 6.08. The van der Waals surface area contributed by atoms with E-state index in [1.165, 1.54) is 6.20 Å². The van der Waals surface area contributed by atoms with E-state index >= 15 is 0 Å². The molecule has 1 saturated heterocycles. The van der Waals surface area contributed by atoms with E-state index in [1.807, 2.05) is 0 Å². The van der Waals surface area contributed by atoms with Gasteiger partial charge in [0.1, 0.15) is 24.0 Å². The molecule has 0 radical (unpaired) electrons. The number of carbonyl (C=O) groups is 1. The van der Waals surface area contributed by atoms with Crippen LogP contribution in [0.15, 0.2) is 24.7 Å². The first-order chi connectivity index (χ1) is 14.0. The predicted octanol–water partition coefficient (Wildman–Crippen LogP) is -0.221. The first-order valence-corrected chi connectivity index (χ1v) is 12.8. The van der Waals surface area contributed by atoms with Gasteiger partial charge in [0.25, 0.3) is 5.91 Å². The lowest BCUT2D eigenvalue weighted by Gasteiger charge is -2.34. The molecule has 20 heteroatoms. The van der Waals surface area contributed by atoms with E-state index in [-0.39, 0.29) is 5.82 Å². The van der Waals surface area contributed by atoms with Gasteiger partial charge in [-0.1, -0.05) is 6.58 Å². The van der Waals surface area contributed by atoms with Crippen molar-refractivity contribution in [2.75, 3.05) is 13.3 Å². The van der Waals surface area contributed by atoms with Crippen molar-refractivity contribution in [1.29, 1.82) is 0 Å². The summed E-state index contributed by atoms with van der Waals surface area (Å²) in [4.78, 5) is 48.1. The Morgan fingerprint density at radius 1 is 1.26 bits per heavy atom. The Morgan fingerprint density at radius 2 is 1.87 bits per heavy atom. The number of nitrogens with one attached hydrogen (secondary N) is 1. The second-order valence-electron chi connectivity index (χ2n) is 6.12. The fourth-order valence-electron chi connectivity index (χ4n) is 2.52. The Kier molecular flexibility index (Phi) is 7.94. The fourth-order valence-corrected chi connectivity index (χ4v) is 6.00. The third kappa shape index (κ3) is 6.65. The topological polar surface area (TPSA) is 222 Å². The Bertz CT molecular complexity index is 913. The average molecular weight is 533 g/mol. The monoisotopic (exact) mass is 532 g/mol. The van der Waals surface area contributed by atoms with Crippen LogP contribution in [0.25, 0.3) is 0 Å². The van der Waals surface area contributed by atoms with Crippen LogP contribution in [-0.4, -0.2) is 72.1 Å². The highest BCUT2D eigenvalue weighted by Gasteiger charge is 2.57.